The zero-order valence-electron chi connectivity index (χ0n) is 20.7. The Kier molecular flexibility index (Phi) is 7.56. The van der Waals surface area contributed by atoms with Gasteiger partial charge in [0.25, 0.3) is 10.0 Å². The van der Waals surface area contributed by atoms with Crippen LogP contribution in [0.25, 0.3) is 11.1 Å². The number of hydrogen-bond acceptors (Lipinski definition) is 6. The van der Waals surface area contributed by atoms with Gasteiger partial charge in [-0.25, -0.2) is 4.79 Å². The van der Waals surface area contributed by atoms with Crippen LogP contribution < -0.4 is 14.9 Å². The van der Waals surface area contributed by atoms with Crippen molar-refractivity contribution in [3.63, 3.8) is 0 Å². The van der Waals surface area contributed by atoms with E-state index >= 15 is 0 Å². The second-order valence-electron chi connectivity index (χ2n) is 8.39. The Morgan fingerprint density at radius 2 is 1.05 bits per heavy atom. The molecule has 0 unspecified atom stereocenters. The fourth-order valence-corrected chi connectivity index (χ4v) is 4.88. The van der Waals surface area contributed by atoms with E-state index in [1.165, 1.54) is 24.3 Å². The van der Waals surface area contributed by atoms with E-state index in [0.717, 1.165) is 11.1 Å². The van der Waals surface area contributed by atoms with Crippen LogP contribution in [0.4, 0.5) is 10.5 Å². The Labute approximate surface area is 226 Å². The second-order valence-corrected chi connectivity index (χ2v) is 10.2. The van der Waals surface area contributed by atoms with E-state index in [0.29, 0.717) is 21.6 Å². The first-order chi connectivity index (χ1) is 19.0. The predicted molar refractivity (Wildman–Crippen MR) is 150 cm³/mol. The lowest BCUT2D eigenvalue weighted by molar-refractivity contribution is 0.184. The highest BCUT2D eigenvalue weighted by Gasteiger charge is 2.32. The molecule has 0 aliphatic carbocycles. The van der Waals surface area contributed by atoms with Gasteiger partial charge < -0.3 is 9.47 Å². The van der Waals surface area contributed by atoms with Crippen molar-refractivity contribution in [2.24, 2.45) is 0 Å². The SMILES string of the molecule is O=C(Oc1ccc(Oc2ccccc2)cc1)N(Nc1ccccc1)S(=O)(=O)c1ccc(-c2ccccc2)cc1. The van der Waals surface area contributed by atoms with Crippen molar-refractivity contribution in [2.45, 2.75) is 4.90 Å². The molecule has 1 N–H and O–H groups in total. The van der Waals surface area contributed by atoms with Crippen molar-refractivity contribution in [1.82, 2.24) is 4.41 Å². The summed E-state index contributed by atoms with van der Waals surface area (Å²) in [6, 6.07) is 39.9. The van der Waals surface area contributed by atoms with Crippen LogP contribution in [0.3, 0.4) is 0 Å². The molecule has 39 heavy (non-hydrogen) atoms. The molecular formula is C31H24N2O5S. The summed E-state index contributed by atoms with van der Waals surface area (Å²) in [5, 5.41) is 0. The first-order valence-electron chi connectivity index (χ1n) is 12.1. The van der Waals surface area contributed by atoms with E-state index in [1.807, 2.05) is 60.7 Å². The summed E-state index contributed by atoms with van der Waals surface area (Å²) in [5.74, 6) is 1.34. The lowest BCUT2D eigenvalue weighted by Crippen LogP contribution is -2.43. The van der Waals surface area contributed by atoms with Gasteiger partial charge in [0.05, 0.1) is 10.6 Å². The minimum Gasteiger partial charge on any atom is -0.457 e. The van der Waals surface area contributed by atoms with E-state index in [-0.39, 0.29) is 10.6 Å². The zero-order chi connectivity index (χ0) is 27.1. The number of hydrazine groups is 1. The molecule has 1 amide bonds. The highest BCUT2D eigenvalue weighted by molar-refractivity contribution is 7.89. The summed E-state index contributed by atoms with van der Waals surface area (Å²) in [5.41, 5.74) is 4.86. The van der Waals surface area contributed by atoms with E-state index < -0.39 is 16.1 Å². The van der Waals surface area contributed by atoms with Gasteiger partial charge >= 0.3 is 6.09 Å². The molecule has 0 saturated heterocycles. The van der Waals surface area contributed by atoms with Gasteiger partial charge in [-0.3, -0.25) is 5.43 Å². The molecule has 0 spiro atoms. The summed E-state index contributed by atoms with van der Waals surface area (Å²) in [7, 11) is -4.34. The minimum atomic E-state index is -4.34. The smallest absolute Gasteiger partial charge is 0.449 e. The highest BCUT2D eigenvalue weighted by atomic mass is 32.2. The third-order valence-electron chi connectivity index (χ3n) is 5.68. The zero-order valence-corrected chi connectivity index (χ0v) is 21.5. The van der Waals surface area contributed by atoms with E-state index in [4.69, 9.17) is 9.47 Å². The highest BCUT2D eigenvalue weighted by Crippen LogP contribution is 2.26. The van der Waals surface area contributed by atoms with Crippen molar-refractivity contribution < 1.29 is 22.7 Å². The van der Waals surface area contributed by atoms with Crippen molar-refractivity contribution in [1.29, 1.82) is 0 Å². The topological polar surface area (TPSA) is 84.9 Å². The number of nitrogens with one attached hydrogen (secondary N) is 1. The van der Waals surface area contributed by atoms with Crippen molar-refractivity contribution in [2.75, 3.05) is 5.43 Å². The standard InChI is InChI=1S/C31H24N2O5S/c34-31(38-29-20-18-28(19-21-29)37-27-14-8-3-9-15-27)33(32-26-12-6-2-7-13-26)39(35,36)30-22-16-25(17-23-30)24-10-4-1-5-11-24/h1-23,32H. The summed E-state index contributed by atoms with van der Waals surface area (Å²) in [6.45, 7) is 0. The molecule has 0 heterocycles. The van der Waals surface area contributed by atoms with Gasteiger partial charge in [0.1, 0.15) is 17.2 Å². The first kappa shape index (κ1) is 25.6. The Morgan fingerprint density at radius 3 is 1.67 bits per heavy atom. The average Bonchev–Trinajstić information content (AvgIpc) is 2.98. The fourth-order valence-electron chi connectivity index (χ4n) is 3.73. The third-order valence-corrected chi connectivity index (χ3v) is 7.27. The van der Waals surface area contributed by atoms with Gasteiger partial charge in [0, 0.05) is 0 Å². The van der Waals surface area contributed by atoms with Crippen LogP contribution in [-0.2, 0) is 10.0 Å². The van der Waals surface area contributed by atoms with E-state index in [2.05, 4.69) is 5.43 Å². The number of anilines is 1. The average molecular weight is 537 g/mol. The Morgan fingerprint density at radius 1 is 0.564 bits per heavy atom. The quantitative estimate of drug-likeness (QED) is 0.209. The van der Waals surface area contributed by atoms with Crippen LogP contribution >= 0.6 is 0 Å². The maximum atomic E-state index is 13.6. The van der Waals surface area contributed by atoms with Gasteiger partial charge in [-0.15, -0.1) is 4.41 Å². The number of carbonyl (C=O) groups excluding carboxylic acids is 1. The molecule has 194 valence electrons. The van der Waals surface area contributed by atoms with Crippen LogP contribution in [0.2, 0.25) is 0 Å². The number of sulfonamides is 1. The molecule has 5 rings (SSSR count). The van der Waals surface area contributed by atoms with Gasteiger partial charge in [-0.05, 0) is 71.8 Å². The number of hydrogen-bond donors (Lipinski definition) is 1. The van der Waals surface area contributed by atoms with Crippen LogP contribution in [0, 0.1) is 0 Å². The monoisotopic (exact) mass is 536 g/mol. The normalized spacial score (nSPS) is 10.9. The third kappa shape index (κ3) is 6.26. The van der Waals surface area contributed by atoms with Crippen molar-refractivity contribution in [3.8, 4) is 28.4 Å². The first-order valence-corrected chi connectivity index (χ1v) is 13.5. The van der Waals surface area contributed by atoms with Crippen molar-refractivity contribution in [3.05, 3.63) is 140 Å². The summed E-state index contributed by atoms with van der Waals surface area (Å²) < 4.78 is 38.9. The number of carbonyl (C=O) groups is 1. The number of amides is 1. The summed E-state index contributed by atoms with van der Waals surface area (Å²) in [4.78, 5) is 13.2. The second kappa shape index (κ2) is 11.5. The molecule has 0 aliphatic heterocycles. The molecule has 0 bridgehead atoms. The van der Waals surface area contributed by atoms with Crippen molar-refractivity contribution >= 4 is 21.8 Å². The molecule has 0 aliphatic rings. The van der Waals surface area contributed by atoms with Gasteiger partial charge in [-0.2, -0.15) is 8.42 Å². The van der Waals surface area contributed by atoms with Gasteiger partial charge in [0.2, 0.25) is 0 Å². The van der Waals surface area contributed by atoms with Gasteiger partial charge in [-0.1, -0.05) is 78.9 Å². The van der Waals surface area contributed by atoms with Crippen LogP contribution in [0.15, 0.2) is 144 Å². The lowest BCUT2D eigenvalue weighted by Gasteiger charge is -2.23. The number of benzene rings is 5. The van der Waals surface area contributed by atoms with Crippen LogP contribution in [0.1, 0.15) is 0 Å². The molecule has 0 radical (unpaired) electrons. The summed E-state index contributed by atoms with van der Waals surface area (Å²) >= 11 is 0. The van der Waals surface area contributed by atoms with E-state index in [1.54, 1.807) is 54.6 Å². The molecule has 8 heteroatoms. The maximum absolute atomic E-state index is 13.6. The summed E-state index contributed by atoms with van der Waals surface area (Å²) in [6.07, 6.45) is -1.12. The Bertz CT molecular complexity index is 1630. The Balaban J connectivity index is 1.38. The fraction of sp³-hybridized carbons (Fsp3) is 0. The number of para-hydroxylation sites is 2. The number of nitrogens with zero attached hydrogens (tertiary/aromatic N) is 1. The lowest BCUT2D eigenvalue weighted by atomic mass is 10.1. The molecular weight excluding hydrogens is 512 g/mol. The molecule has 0 atom stereocenters. The molecule has 5 aromatic carbocycles. The Hall–Kier alpha value is -5.08. The van der Waals surface area contributed by atoms with Crippen LogP contribution in [0.5, 0.6) is 17.2 Å². The molecule has 5 aromatic rings. The molecule has 0 aromatic heterocycles. The predicted octanol–water partition coefficient (Wildman–Crippen LogP) is 7.36. The molecule has 7 nitrogen and oxygen atoms in total. The minimum absolute atomic E-state index is 0.0748. The largest absolute Gasteiger partial charge is 0.457 e. The van der Waals surface area contributed by atoms with Gasteiger partial charge in [0.15, 0.2) is 0 Å². The maximum Gasteiger partial charge on any atom is 0.449 e. The molecule has 0 saturated carbocycles. The van der Waals surface area contributed by atoms with E-state index in [9.17, 15) is 13.2 Å². The van der Waals surface area contributed by atoms with Crippen LogP contribution in [-0.4, -0.2) is 18.9 Å². The molecule has 0 fully saturated rings. The number of ether oxygens (including phenoxy) is 2. The number of rotatable bonds is 8.